The molecule has 0 aliphatic heterocycles. The molecule has 7 heteroatoms. The van der Waals surface area contributed by atoms with Gasteiger partial charge in [0.2, 0.25) is 0 Å². The predicted octanol–water partition coefficient (Wildman–Crippen LogP) is 2.73. The molecular formula is C20H26N6O. The summed E-state index contributed by atoms with van der Waals surface area (Å²) in [5.41, 5.74) is 3.38. The molecule has 0 radical (unpaired) electrons. The molecule has 0 unspecified atom stereocenters. The van der Waals surface area contributed by atoms with Crippen molar-refractivity contribution in [3.63, 3.8) is 0 Å². The van der Waals surface area contributed by atoms with Crippen molar-refractivity contribution in [3.8, 4) is 0 Å². The van der Waals surface area contributed by atoms with Crippen LogP contribution in [0.2, 0.25) is 0 Å². The number of imidazole rings is 1. The minimum atomic E-state index is -0.0333. The lowest BCUT2D eigenvalue weighted by atomic mass is 10.1. The maximum atomic E-state index is 12.4. The van der Waals surface area contributed by atoms with Crippen LogP contribution in [0.1, 0.15) is 24.2 Å². The Morgan fingerprint density at radius 1 is 1.37 bits per heavy atom. The zero-order valence-electron chi connectivity index (χ0n) is 15.9. The van der Waals surface area contributed by atoms with Crippen molar-refractivity contribution in [2.75, 3.05) is 20.1 Å². The summed E-state index contributed by atoms with van der Waals surface area (Å²) >= 11 is 0. The summed E-state index contributed by atoms with van der Waals surface area (Å²) in [6.45, 7) is 4.24. The summed E-state index contributed by atoms with van der Waals surface area (Å²) in [6, 6.07) is 8.01. The molecule has 2 amide bonds. The SMILES string of the molecule is Cc1cccc2[nH]c(CCN(C)C(=O)NCC3(Cn4cccn4)CC3)nc12. The van der Waals surface area contributed by atoms with Crippen LogP contribution in [0.5, 0.6) is 0 Å². The van der Waals surface area contributed by atoms with E-state index in [4.69, 9.17) is 0 Å². The summed E-state index contributed by atoms with van der Waals surface area (Å²) in [5, 5.41) is 7.36. The van der Waals surface area contributed by atoms with Crippen LogP contribution in [0.4, 0.5) is 4.79 Å². The number of urea groups is 1. The number of carbonyl (C=O) groups excluding carboxylic acids is 1. The third-order valence-electron chi connectivity index (χ3n) is 5.42. The first-order valence-electron chi connectivity index (χ1n) is 9.45. The molecule has 0 spiro atoms. The highest BCUT2D eigenvalue weighted by atomic mass is 16.2. The van der Waals surface area contributed by atoms with Gasteiger partial charge in [0.15, 0.2) is 0 Å². The van der Waals surface area contributed by atoms with Crippen molar-refractivity contribution >= 4 is 17.1 Å². The Labute approximate surface area is 158 Å². The van der Waals surface area contributed by atoms with Crippen LogP contribution in [0, 0.1) is 12.3 Å². The molecule has 0 atom stereocenters. The minimum absolute atomic E-state index is 0.0333. The Kier molecular flexibility index (Phi) is 4.59. The lowest BCUT2D eigenvalue weighted by Crippen LogP contribution is -2.41. The number of aromatic nitrogens is 4. The van der Waals surface area contributed by atoms with E-state index in [9.17, 15) is 4.79 Å². The summed E-state index contributed by atoms with van der Waals surface area (Å²) in [7, 11) is 1.83. The van der Waals surface area contributed by atoms with Crippen molar-refractivity contribution < 1.29 is 4.79 Å². The number of rotatable bonds is 7. The largest absolute Gasteiger partial charge is 0.342 e. The molecule has 1 fully saturated rings. The summed E-state index contributed by atoms with van der Waals surface area (Å²) in [6.07, 6.45) is 6.74. The highest BCUT2D eigenvalue weighted by Crippen LogP contribution is 2.46. The minimum Gasteiger partial charge on any atom is -0.342 e. The van der Waals surface area contributed by atoms with Gasteiger partial charge in [-0.05, 0) is 37.5 Å². The number of H-pyrrole nitrogens is 1. The number of fused-ring (bicyclic) bond motifs is 1. The third kappa shape index (κ3) is 3.97. The average Bonchev–Trinajstić information content (AvgIpc) is 3.05. The Morgan fingerprint density at radius 3 is 2.93 bits per heavy atom. The monoisotopic (exact) mass is 366 g/mol. The maximum Gasteiger partial charge on any atom is 0.317 e. The Hall–Kier alpha value is -2.83. The number of hydrogen-bond acceptors (Lipinski definition) is 3. The van der Waals surface area contributed by atoms with Crippen LogP contribution in [-0.4, -0.2) is 50.8 Å². The van der Waals surface area contributed by atoms with Crippen LogP contribution >= 0.6 is 0 Å². The molecule has 2 heterocycles. The van der Waals surface area contributed by atoms with Crippen LogP contribution in [0.3, 0.4) is 0 Å². The van der Waals surface area contributed by atoms with Crippen molar-refractivity contribution in [1.29, 1.82) is 0 Å². The Morgan fingerprint density at radius 2 is 2.22 bits per heavy atom. The molecule has 0 bridgehead atoms. The summed E-state index contributed by atoms with van der Waals surface area (Å²) < 4.78 is 1.95. The second kappa shape index (κ2) is 7.06. The highest BCUT2D eigenvalue weighted by molar-refractivity contribution is 5.78. The van der Waals surface area contributed by atoms with E-state index in [-0.39, 0.29) is 11.4 Å². The van der Waals surface area contributed by atoms with E-state index in [0.717, 1.165) is 41.8 Å². The van der Waals surface area contributed by atoms with Gasteiger partial charge < -0.3 is 15.2 Å². The molecule has 2 aromatic heterocycles. The van der Waals surface area contributed by atoms with Gasteiger partial charge in [-0.15, -0.1) is 0 Å². The third-order valence-corrected chi connectivity index (χ3v) is 5.42. The Bertz CT molecular complexity index is 925. The molecule has 7 nitrogen and oxygen atoms in total. The van der Waals surface area contributed by atoms with Gasteiger partial charge in [-0.3, -0.25) is 4.68 Å². The molecule has 3 aromatic rings. The molecule has 27 heavy (non-hydrogen) atoms. The van der Waals surface area contributed by atoms with Gasteiger partial charge in [0, 0.05) is 50.9 Å². The molecule has 0 saturated heterocycles. The van der Waals surface area contributed by atoms with Crippen LogP contribution in [-0.2, 0) is 13.0 Å². The number of nitrogens with one attached hydrogen (secondary N) is 2. The first kappa shape index (κ1) is 17.6. The molecule has 1 saturated carbocycles. The molecule has 4 rings (SSSR count). The highest BCUT2D eigenvalue weighted by Gasteiger charge is 2.43. The standard InChI is InChI=1S/C20H26N6O/c1-15-5-3-6-16-18(15)24-17(23-16)7-12-25(2)19(27)21-13-20(8-9-20)14-26-11-4-10-22-26/h3-6,10-11H,7-9,12-14H2,1-2H3,(H,21,27)(H,23,24). The van der Waals surface area contributed by atoms with E-state index < -0.39 is 0 Å². The fourth-order valence-electron chi connectivity index (χ4n) is 3.42. The zero-order valence-corrected chi connectivity index (χ0v) is 15.9. The number of carbonyl (C=O) groups is 1. The van der Waals surface area contributed by atoms with Gasteiger partial charge in [0.1, 0.15) is 5.82 Å². The predicted molar refractivity (Wildman–Crippen MR) is 104 cm³/mol. The van der Waals surface area contributed by atoms with Crippen molar-refractivity contribution in [3.05, 3.63) is 48.0 Å². The molecular weight excluding hydrogens is 340 g/mol. The number of aryl methyl sites for hydroxylation is 1. The summed E-state index contributed by atoms with van der Waals surface area (Å²) in [4.78, 5) is 22.2. The number of aromatic amines is 1. The number of nitrogens with zero attached hydrogens (tertiary/aromatic N) is 4. The second-order valence-electron chi connectivity index (χ2n) is 7.69. The van der Waals surface area contributed by atoms with E-state index in [0.29, 0.717) is 19.5 Å². The van der Waals surface area contributed by atoms with Crippen LogP contribution < -0.4 is 5.32 Å². The summed E-state index contributed by atoms with van der Waals surface area (Å²) in [5.74, 6) is 0.913. The van der Waals surface area contributed by atoms with Gasteiger partial charge in [0.05, 0.1) is 11.0 Å². The van der Waals surface area contributed by atoms with Gasteiger partial charge in [0.25, 0.3) is 0 Å². The smallest absolute Gasteiger partial charge is 0.317 e. The van der Waals surface area contributed by atoms with Crippen LogP contribution in [0.25, 0.3) is 11.0 Å². The maximum absolute atomic E-state index is 12.4. The van der Waals surface area contributed by atoms with E-state index in [1.807, 2.05) is 36.1 Å². The lowest BCUT2D eigenvalue weighted by molar-refractivity contribution is 0.205. The number of hydrogen-bond donors (Lipinski definition) is 2. The Balaban J connectivity index is 1.27. The number of para-hydroxylation sites is 1. The van der Waals surface area contributed by atoms with Crippen molar-refractivity contribution in [2.45, 2.75) is 32.7 Å². The van der Waals surface area contributed by atoms with E-state index in [1.54, 1.807) is 11.1 Å². The van der Waals surface area contributed by atoms with Crippen molar-refractivity contribution in [2.24, 2.45) is 5.41 Å². The molecule has 1 aliphatic rings. The number of amides is 2. The van der Waals surface area contributed by atoms with Gasteiger partial charge in [-0.2, -0.15) is 5.10 Å². The number of likely N-dealkylation sites (N-methyl/N-ethyl adjacent to an activating group) is 1. The molecule has 2 N–H and O–H groups in total. The molecule has 142 valence electrons. The topological polar surface area (TPSA) is 78.8 Å². The fraction of sp³-hybridized carbons (Fsp3) is 0.450. The first-order valence-corrected chi connectivity index (χ1v) is 9.45. The first-order chi connectivity index (χ1) is 13.0. The van der Waals surface area contributed by atoms with E-state index in [1.165, 1.54) is 0 Å². The number of benzene rings is 1. The molecule has 1 aliphatic carbocycles. The molecule has 1 aromatic carbocycles. The van der Waals surface area contributed by atoms with Crippen LogP contribution in [0.15, 0.2) is 36.7 Å². The fourth-order valence-corrected chi connectivity index (χ4v) is 3.42. The van der Waals surface area contributed by atoms with Gasteiger partial charge in [-0.1, -0.05) is 12.1 Å². The average molecular weight is 366 g/mol. The van der Waals surface area contributed by atoms with E-state index >= 15 is 0 Å². The zero-order chi connectivity index (χ0) is 18.9. The van der Waals surface area contributed by atoms with Crippen molar-refractivity contribution in [1.82, 2.24) is 30.0 Å². The lowest BCUT2D eigenvalue weighted by Gasteiger charge is -2.21. The van der Waals surface area contributed by atoms with Gasteiger partial charge >= 0.3 is 6.03 Å². The van der Waals surface area contributed by atoms with Gasteiger partial charge in [-0.25, -0.2) is 9.78 Å². The quantitative estimate of drug-likeness (QED) is 0.675. The normalized spacial score (nSPS) is 15.0. The second-order valence-corrected chi connectivity index (χ2v) is 7.69. The van der Waals surface area contributed by atoms with E-state index in [2.05, 4.69) is 33.4 Å².